The fraction of sp³-hybridized carbons (Fsp3) is 0.667. The number of benzene rings is 1. The molecular formula is C18H28ClNO. The molecule has 2 nitrogen and oxygen atoms in total. The molecule has 21 heavy (non-hydrogen) atoms. The lowest BCUT2D eigenvalue weighted by molar-refractivity contribution is 0.231. The lowest BCUT2D eigenvalue weighted by Crippen LogP contribution is -2.31. The molecule has 1 atom stereocenters. The number of nitrogens with one attached hydrogen (secondary N) is 1. The molecule has 0 amide bonds. The summed E-state index contributed by atoms with van der Waals surface area (Å²) in [6.45, 7) is 5.64. The monoisotopic (exact) mass is 309 g/mol. The van der Waals surface area contributed by atoms with Crippen molar-refractivity contribution in [2.45, 2.75) is 52.0 Å². The first kappa shape index (κ1) is 16.6. The van der Waals surface area contributed by atoms with Crippen molar-refractivity contribution in [1.29, 1.82) is 0 Å². The Bertz CT molecular complexity index is 441. The highest BCUT2D eigenvalue weighted by Gasteiger charge is 2.27. The molecule has 0 bridgehead atoms. The van der Waals surface area contributed by atoms with Crippen LogP contribution < -0.4 is 10.1 Å². The quantitative estimate of drug-likeness (QED) is 0.778. The highest BCUT2D eigenvalue weighted by molar-refractivity contribution is 6.32. The molecule has 1 saturated carbocycles. The first-order valence-corrected chi connectivity index (χ1v) is 8.60. The molecule has 1 aromatic rings. The van der Waals surface area contributed by atoms with Crippen LogP contribution in [0.3, 0.4) is 0 Å². The topological polar surface area (TPSA) is 21.3 Å². The molecule has 1 N–H and O–H groups in total. The summed E-state index contributed by atoms with van der Waals surface area (Å²) in [5.74, 6) is 2.36. The van der Waals surface area contributed by atoms with Crippen molar-refractivity contribution in [3.05, 3.63) is 28.8 Å². The van der Waals surface area contributed by atoms with E-state index in [1.807, 2.05) is 6.07 Å². The number of hydrogen-bond acceptors (Lipinski definition) is 2. The van der Waals surface area contributed by atoms with Gasteiger partial charge in [0.2, 0.25) is 0 Å². The molecule has 0 heterocycles. The summed E-state index contributed by atoms with van der Waals surface area (Å²) in [5.41, 5.74) is 1.30. The third kappa shape index (κ3) is 4.37. The van der Waals surface area contributed by atoms with E-state index in [1.165, 1.54) is 31.2 Å². The SMILES string of the molecule is CCCNC(c1ccc(OC)c(Cl)c1)C1CCC(C)CC1. The average molecular weight is 310 g/mol. The fourth-order valence-corrected chi connectivity index (χ4v) is 3.62. The van der Waals surface area contributed by atoms with Crippen molar-refractivity contribution in [3.63, 3.8) is 0 Å². The van der Waals surface area contributed by atoms with E-state index in [-0.39, 0.29) is 0 Å². The van der Waals surface area contributed by atoms with Crippen LogP contribution in [0, 0.1) is 11.8 Å². The lowest BCUT2D eigenvalue weighted by Gasteiger charge is -2.34. The molecule has 1 aliphatic rings. The van der Waals surface area contributed by atoms with E-state index in [0.717, 1.165) is 30.6 Å². The van der Waals surface area contributed by atoms with E-state index in [9.17, 15) is 0 Å². The Balaban J connectivity index is 2.16. The van der Waals surface area contributed by atoms with Gasteiger partial charge in [0.1, 0.15) is 5.75 Å². The molecule has 2 rings (SSSR count). The van der Waals surface area contributed by atoms with Gasteiger partial charge in [-0.25, -0.2) is 0 Å². The van der Waals surface area contributed by atoms with Gasteiger partial charge in [-0.05, 0) is 55.3 Å². The molecule has 0 radical (unpaired) electrons. The molecule has 118 valence electrons. The second kappa shape index (κ2) is 8.05. The lowest BCUT2D eigenvalue weighted by atomic mass is 9.77. The van der Waals surface area contributed by atoms with E-state index < -0.39 is 0 Å². The van der Waals surface area contributed by atoms with E-state index in [4.69, 9.17) is 16.3 Å². The van der Waals surface area contributed by atoms with E-state index >= 15 is 0 Å². The molecule has 0 saturated heterocycles. The Kier molecular flexibility index (Phi) is 6.38. The van der Waals surface area contributed by atoms with E-state index in [0.29, 0.717) is 11.1 Å². The summed E-state index contributed by atoms with van der Waals surface area (Å²) < 4.78 is 5.27. The average Bonchev–Trinajstić information content (AvgIpc) is 2.49. The second-order valence-electron chi connectivity index (χ2n) is 6.35. The first-order valence-electron chi connectivity index (χ1n) is 8.22. The minimum absolute atomic E-state index is 0.417. The number of ether oxygens (including phenoxy) is 1. The van der Waals surface area contributed by atoms with Crippen LogP contribution in [0.25, 0.3) is 0 Å². The normalized spacial score (nSPS) is 23.8. The number of methoxy groups -OCH3 is 1. The predicted molar refractivity (Wildman–Crippen MR) is 90.2 cm³/mol. The number of rotatable bonds is 6. The van der Waals surface area contributed by atoms with E-state index in [1.54, 1.807) is 7.11 Å². The molecule has 1 aromatic carbocycles. The zero-order chi connectivity index (χ0) is 15.2. The van der Waals surface area contributed by atoms with Gasteiger partial charge >= 0.3 is 0 Å². The van der Waals surface area contributed by atoms with Gasteiger partial charge in [0.25, 0.3) is 0 Å². The van der Waals surface area contributed by atoms with Crippen LogP contribution in [0.15, 0.2) is 18.2 Å². The third-order valence-corrected chi connectivity index (χ3v) is 4.98. The first-order chi connectivity index (χ1) is 10.2. The zero-order valence-electron chi connectivity index (χ0n) is 13.5. The summed E-state index contributed by atoms with van der Waals surface area (Å²) in [6.07, 6.45) is 6.47. The van der Waals surface area contributed by atoms with Crippen molar-refractivity contribution in [2.75, 3.05) is 13.7 Å². The maximum atomic E-state index is 6.32. The van der Waals surface area contributed by atoms with Gasteiger partial charge in [-0.15, -0.1) is 0 Å². The molecule has 0 aliphatic heterocycles. The van der Waals surface area contributed by atoms with Crippen LogP contribution in [0.1, 0.15) is 57.6 Å². The van der Waals surface area contributed by atoms with E-state index in [2.05, 4.69) is 31.3 Å². The zero-order valence-corrected chi connectivity index (χ0v) is 14.2. The van der Waals surface area contributed by atoms with Gasteiger partial charge in [-0.1, -0.05) is 44.4 Å². The molecule has 1 unspecified atom stereocenters. The van der Waals surface area contributed by atoms with Gasteiger partial charge < -0.3 is 10.1 Å². The largest absolute Gasteiger partial charge is 0.495 e. The number of hydrogen-bond donors (Lipinski definition) is 1. The van der Waals surface area contributed by atoms with Crippen molar-refractivity contribution in [3.8, 4) is 5.75 Å². The van der Waals surface area contributed by atoms with Crippen LogP contribution >= 0.6 is 11.6 Å². The Hall–Kier alpha value is -0.730. The highest BCUT2D eigenvalue weighted by Crippen LogP contribution is 2.38. The second-order valence-corrected chi connectivity index (χ2v) is 6.75. The summed E-state index contributed by atoms with van der Waals surface area (Å²) in [5, 5.41) is 4.45. The molecule has 3 heteroatoms. The van der Waals surface area contributed by atoms with Gasteiger partial charge in [0.05, 0.1) is 12.1 Å². The fourth-order valence-electron chi connectivity index (χ4n) is 3.35. The Morgan fingerprint density at radius 1 is 1.29 bits per heavy atom. The maximum Gasteiger partial charge on any atom is 0.137 e. The molecule has 1 fully saturated rings. The van der Waals surface area contributed by atoms with Crippen LogP contribution in [-0.2, 0) is 0 Å². The minimum Gasteiger partial charge on any atom is -0.495 e. The summed E-state index contributed by atoms with van der Waals surface area (Å²) in [6, 6.07) is 6.65. The standard InChI is InChI=1S/C18H28ClNO/c1-4-11-20-18(14-7-5-13(2)6-8-14)15-9-10-17(21-3)16(19)12-15/h9-10,12-14,18,20H,4-8,11H2,1-3H3. The summed E-state index contributed by atoms with van der Waals surface area (Å²) in [4.78, 5) is 0. The molecular weight excluding hydrogens is 282 g/mol. The van der Waals surface area contributed by atoms with Crippen LogP contribution in [0.4, 0.5) is 0 Å². The van der Waals surface area contributed by atoms with Gasteiger partial charge in [-0.3, -0.25) is 0 Å². The van der Waals surface area contributed by atoms with Crippen molar-refractivity contribution in [2.24, 2.45) is 11.8 Å². The molecule has 0 aromatic heterocycles. The van der Waals surface area contributed by atoms with Crippen molar-refractivity contribution in [1.82, 2.24) is 5.32 Å². The minimum atomic E-state index is 0.417. The predicted octanol–water partition coefficient (Wildman–Crippen LogP) is 5.22. The van der Waals surface area contributed by atoms with Crippen LogP contribution in [0.2, 0.25) is 5.02 Å². The maximum absolute atomic E-state index is 6.32. The van der Waals surface area contributed by atoms with Crippen LogP contribution in [-0.4, -0.2) is 13.7 Å². The Morgan fingerprint density at radius 3 is 2.57 bits per heavy atom. The molecule has 1 aliphatic carbocycles. The Morgan fingerprint density at radius 2 is 2.00 bits per heavy atom. The van der Waals surface area contributed by atoms with Crippen LogP contribution in [0.5, 0.6) is 5.75 Å². The van der Waals surface area contributed by atoms with Crippen molar-refractivity contribution < 1.29 is 4.74 Å². The summed E-state index contributed by atoms with van der Waals surface area (Å²) in [7, 11) is 1.66. The van der Waals surface area contributed by atoms with Gasteiger partial charge in [-0.2, -0.15) is 0 Å². The van der Waals surface area contributed by atoms with Gasteiger partial charge in [0, 0.05) is 6.04 Å². The number of halogens is 1. The van der Waals surface area contributed by atoms with Crippen molar-refractivity contribution >= 4 is 11.6 Å². The van der Waals surface area contributed by atoms with Gasteiger partial charge in [0.15, 0.2) is 0 Å². The highest BCUT2D eigenvalue weighted by atomic mass is 35.5. The molecule has 0 spiro atoms. The summed E-state index contributed by atoms with van der Waals surface area (Å²) >= 11 is 6.32. The Labute approximate surface area is 134 Å². The third-order valence-electron chi connectivity index (χ3n) is 4.68. The smallest absolute Gasteiger partial charge is 0.137 e.